The molecule has 1 aliphatic carbocycles. The topological polar surface area (TPSA) is 73.1 Å². The standard InChI is InChI=1S/C10H16N4O/c1-6-3-9(15-2)14-10(12-6)13-8-4-7(11)5-8/h3,7-8H,4-5,11H2,1-2H3,(H,12,13,14). The molecular formula is C10H16N4O. The van der Waals surface area contributed by atoms with Gasteiger partial charge in [-0.15, -0.1) is 0 Å². The van der Waals surface area contributed by atoms with Crippen molar-refractivity contribution in [2.75, 3.05) is 12.4 Å². The molecule has 82 valence electrons. The van der Waals surface area contributed by atoms with E-state index < -0.39 is 0 Å². The first kappa shape index (κ1) is 10.2. The van der Waals surface area contributed by atoms with Gasteiger partial charge in [0.05, 0.1) is 7.11 Å². The first-order valence-corrected chi connectivity index (χ1v) is 5.09. The molecule has 1 heterocycles. The Morgan fingerprint density at radius 2 is 2.20 bits per heavy atom. The van der Waals surface area contributed by atoms with E-state index in [0.717, 1.165) is 18.5 Å². The van der Waals surface area contributed by atoms with E-state index in [4.69, 9.17) is 10.5 Å². The summed E-state index contributed by atoms with van der Waals surface area (Å²) in [5, 5.41) is 3.24. The molecule has 0 unspecified atom stereocenters. The van der Waals surface area contributed by atoms with Crippen molar-refractivity contribution in [1.82, 2.24) is 9.97 Å². The van der Waals surface area contributed by atoms with E-state index in [1.54, 1.807) is 13.2 Å². The van der Waals surface area contributed by atoms with Crippen LogP contribution < -0.4 is 15.8 Å². The number of anilines is 1. The van der Waals surface area contributed by atoms with Crippen LogP contribution in [0.4, 0.5) is 5.95 Å². The number of hydrogen-bond acceptors (Lipinski definition) is 5. The summed E-state index contributed by atoms with van der Waals surface area (Å²) < 4.78 is 5.07. The highest BCUT2D eigenvalue weighted by molar-refractivity contribution is 5.32. The lowest BCUT2D eigenvalue weighted by molar-refractivity contribution is 0.369. The second kappa shape index (κ2) is 4.02. The molecule has 2 rings (SSSR count). The van der Waals surface area contributed by atoms with Gasteiger partial charge in [0.2, 0.25) is 11.8 Å². The Hall–Kier alpha value is -1.36. The number of nitrogens with two attached hydrogens (primary N) is 1. The number of aryl methyl sites for hydroxylation is 1. The van der Waals surface area contributed by atoms with E-state index in [1.165, 1.54) is 0 Å². The Balaban J connectivity index is 2.04. The molecular weight excluding hydrogens is 192 g/mol. The fourth-order valence-corrected chi connectivity index (χ4v) is 1.67. The lowest BCUT2D eigenvalue weighted by Gasteiger charge is -2.32. The van der Waals surface area contributed by atoms with Gasteiger partial charge in [-0.1, -0.05) is 0 Å². The van der Waals surface area contributed by atoms with Crippen LogP contribution in [0.2, 0.25) is 0 Å². The molecule has 1 aliphatic rings. The Morgan fingerprint density at radius 3 is 2.80 bits per heavy atom. The van der Waals surface area contributed by atoms with Gasteiger partial charge in [-0.2, -0.15) is 4.98 Å². The molecule has 0 spiro atoms. The minimum Gasteiger partial charge on any atom is -0.481 e. The van der Waals surface area contributed by atoms with E-state index >= 15 is 0 Å². The van der Waals surface area contributed by atoms with Crippen LogP contribution in [0.3, 0.4) is 0 Å². The first-order valence-electron chi connectivity index (χ1n) is 5.09. The maximum absolute atomic E-state index is 5.70. The molecule has 0 aromatic carbocycles. The average molecular weight is 208 g/mol. The van der Waals surface area contributed by atoms with Crippen LogP contribution in [0, 0.1) is 6.92 Å². The molecule has 1 saturated carbocycles. The minimum absolute atomic E-state index is 0.328. The Kier molecular flexibility index (Phi) is 2.73. The van der Waals surface area contributed by atoms with E-state index in [2.05, 4.69) is 15.3 Å². The fourth-order valence-electron chi connectivity index (χ4n) is 1.67. The normalized spacial score (nSPS) is 24.5. The average Bonchev–Trinajstić information content (AvgIpc) is 2.14. The maximum Gasteiger partial charge on any atom is 0.226 e. The van der Waals surface area contributed by atoms with Gasteiger partial charge in [-0.05, 0) is 19.8 Å². The van der Waals surface area contributed by atoms with E-state index in [9.17, 15) is 0 Å². The van der Waals surface area contributed by atoms with Gasteiger partial charge in [0.1, 0.15) is 0 Å². The van der Waals surface area contributed by atoms with Crippen molar-refractivity contribution in [2.45, 2.75) is 31.8 Å². The second-order valence-electron chi connectivity index (χ2n) is 3.95. The van der Waals surface area contributed by atoms with Crippen LogP contribution in [-0.4, -0.2) is 29.2 Å². The zero-order valence-electron chi connectivity index (χ0n) is 9.03. The zero-order chi connectivity index (χ0) is 10.8. The molecule has 0 aliphatic heterocycles. The Labute approximate surface area is 89.1 Å². The molecule has 0 radical (unpaired) electrons. The highest BCUT2D eigenvalue weighted by Crippen LogP contribution is 2.21. The number of nitrogens with zero attached hydrogens (tertiary/aromatic N) is 2. The van der Waals surface area contributed by atoms with Crippen molar-refractivity contribution in [3.05, 3.63) is 11.8 Å². The predicted molar refractivity (Wildman–Crippen MR) is 57.9 cm³/mol. The molecule has 5 heteroatoms. The molecule has 1 aromatic rings. The van der Waals surface area contributed by atoms with Gasteiger partial charge in [0, 0.05) is 23.8 Å². The van der Waals surface area contributed by atoms with Crippen LogP contribution >= 0.6 is 0 Å². The summed E-state index contributed by atoms with van der Waals surface area (Å²) in [6.45, 7) is 1.92. The van der Waals surface area contributed by atoms with E-state index in [1.807, 2.05) is 6.92 Å². The van der Waals surface area contributed by atoms with Gasteiger partial charge in [0.25, 0.3) is 0 Å². The predicted octanol–water partition coefficient (Wildman–Crippen LogP) is 0.695. The Morgan fingerprint density at radius 1 is 1.47 bits per heavy atom. The number of rotatable bonds is 3. The maximum atomic E-state index is 5.70. The van der Waals surface area contributed by atoms with E-state index in [0.29, 0.717) is 23.9 Å². The number of hydrogen-bond donors (Lipinski definition) is 2. The summed E-state index contributed by atoms with van der Waals surface area (Å²) in [5.74, 6) is 1.22. The molecule has 0 amide bonds. The number of aromatic nitrogens is 2. The quantitative estimate of drug-likeness (QED) is 0.764. The first-order chi connectivity index (χ1) is 7.17. The van der Waals surface area contributed by atoms with Crippen molar-refractivity contribution < 1.29 is 4.74 Å². The highest BCUT2D eigenvalue weighted by Gasteiger charge is 2.26. The Bertz CT molecular complexity index is 349. The van der Waals surface area contributed by atoms with Crippen molar-refractivity contribution >= 4 is 5.95 Å². The molecule has 1 aromatic heterocycles. The van der Waals surface area contributed by atoms with Crippen molar-refractivity contribution in [1.29, 1.82) is 0 Å². The fraction of sp³-hybridized carbons (Fsp3) is 0.600. The van der Waals surface area contributed by atoms with E-state index in [-0.39, 0.29) is 0 Å². The number of ether oxygens (including phenoxy) is 1. The van der Waals surface area contributed by atoms with Crippen molar-refractivity contribution in [3.8, 4) is 5.88 Å². The van der Waals surface area contributed by atoms with Gasteiger partial charge < -0.3 is 15.8 Å². The summed E-state index contributed by atoms with van der Waals surface area (Å²) >= 11 is 0. The molecule has 0 atom stereocenters. The summed E-state index contributed by atoms with van der Waals surface area (Å²) in [7, 11) is 1.60. The third-order valence-corrected chi connectivity index (χ3v) is 2.55. The molecule has 0 saturated heterocycles. The zero-order valence-corrected chi connectivity index (χ0v) is 9.03. The SMILES string of the molecule is COc1cc(C)nc(NC2CC(N)C2)n1. The number of nitrogens with one attached hydrogen (secondary N) is 1. The summed E-state index contributed by atoms with van der Waals surface area (Å²) in [4.78, 5) is 8.50. The van der Waals surface area contributed by atoms with Gasteiger partial charge in [0.15, 0.2) is 0 Å². The summed E-state index contributed by atoms with van der Waals surface area (Å²) in [6.07, 6.45) is 1.97. The molecule has 0 bridgehead atoms. The van der Waals surface area contributed by atoms with Gasteiger partial charge in [-0.25, -0.2) is 4.98 Å². The molecule has 15 heavy (non-hydrogen) atoms. The van der Waals surface area contributed by atoms with Crippen LogP contribution in [0.25, 0.3) is 0 Å². The smallest absolute Gasteiger partial charge is 0.226 e. The third-order valence-electron chi connectivity index (χ3n) is 2.55. The lowest BCUT2D eigenvalue weighted by atomic mass is 9.88. The van der Waals surface area contributed by atoms with Crippen molar-refractivity contribution in [3.63, 3.8) is 0 Å². The van der Waals surface area contributed by atoms with Crippen LogP contribution in [-0.2, 0) is 0 Å². The molecule has 5 nitrogen and oxygen atoms in total. The second-order valence-corrected chi connectivity index (χ2v) is 3.95. The van der Waals surface area contributed by atoms with Crippen molar-refractivity contribution in [2.24, 2.45) is 5.73 Å². The minimum atomic E-state index is 0.328. The van der Waals surface area contributed by atoms with Crippen LogP contribution in [0.15, 0.2) is 6.07 Å². The molecule has 1 fully saturated rings. The number of methoxy groups -OCH3 is 1. The molecule has 3 N–H and O–H groups in total. The van der Waals surface area contributed by atoms with Crippen LogP contribution in [0.5, 0.6) is 5.88 Å². The van der Waals surface area contributed by atoms with Gasteiger partial charge in [-0.3, -0.25) is 0 Å². The highest BCUT2D eigenvalue weighted by atomic mass is 16.5. The van der Waals surface area contributed by atoms with Gasteiger partial charge >= 0.3 is 0 Å². The third kappa shape index (κ3) is 2.36. The monoisotopic (exact) mass is 208 g/mol. The largest absolute Gasteiger partial charge is 0.481 e. The lowest BCUT2D eigenvalue weighted by Crippen LogP contribution is -2.44. The van der Waals surface area contributed by atoms with Crippen LogP contribution in [0.1, 0.15) is 18.5 Å². The summed E-state index contributed by atoms with van der Waals surface area (Å²) in [6, 6.07) is 2.54. The summed E-state index contributed by atoms with van der Waals surface area (Å²) in [5.41, 5.74) is 6.60.